The van der Waals surface area contributed by atoms with Crippen LogP contribution in [0, 0.1) is 13.8 Å². The van der Waals surface area contributed by atoms with Crippen molar-refractivity contribution >= 4 is 33.5 Å². The van der Waals surface area contributed by atoms with E-state index in [9.17, 15) is 26.5 Å². The van der Waals surface area contributed by atoms with Gasteiger partial charge in [-0.15, -0.1) is 11.3 Å². The van der Waals surface area contributed by atoms with Crippen LogP contribution in [0.25, 0.3) is 11.0 Å². The lowest BCUT2D eigenvalue weighted by atomic mass is 10.3. The van der Waals surface area contributed by atoms with Gasteiger partial charge in [-0.05, 0) is 19.9 Å². The van der Waals surface area contributed by atoms with E-state index in [-0.39, 0.29) is 22.4 Å². The first-order valence-corrected chi connectivity index (χ1v) is 9.98. The Morgan fingerprint density at radius 2 is 1.93 bits per heavy atom. The van der Waals surface area contributed by atoms with Crippen LogP contribution in [0.15, 0.2) is 23.5 Å². The van der Waals surface area contributed by atoms with Crippen LogP contribution in [0.5, 0.6) is 5.75 Å². The fourth-order valence-electron chi connectivity index (χ4n) is 2.38. The monoisotopic (exact) mass is 439 g/mol. The maximum absolute atomic E-state index is 13.0. The molecule has 3 aromatic rings. The fraction of sp³-hybridized carbons (Fsp3) is 0.375. The quantitative estimate of drug-likeness (QED) is 0.453. The molecule has 0 fully saturated rings. The van der Waals surface area contributed by atoms with Gasteiger partial charge in [-0.2, -0.15) is 26.9 Å². The molecule has 12 heteroatoms. The lowest BCUT2D eigenvalue weighted by molar-refractivity contribution is -0.290. The van der Waals surface area contributed by atoms with E-state index >= 15 is 0 Å². The Labute approximate surface area is 163 Å². The maximum atomic E-state index is 13.0. The van der Waals surface area contributed by atoms with E-state index in [2.05, 4.69) is 19.7 Å². The van der Waals surface area contributed by atoms with Crippen molar-refractivity contribution in [1.82, 2.24) is 15.0 Å². The van der Waals surface area contributed by atoms with Crippen molar-refractivity contribution in [2.75, 3.05) is 6.61 Å². The second-order valence-electron chi connectivity index (χ2n) is 5.94. The normalized spacial score (nSPS) is 13.9. The summed E-state index contributed by atoms with van der Waals surface area (Å²) in [6, 6.07) is 2.32. The zero-order valence-electron chi connectivity index (χ0n) is 14.6. The van der Waals surface area contributed by atoms with E-state index in [1.165, 1.54) is 12.3 Å². The molecule has 3 heterocycles. The SMILES string of the molecule is Cc1sc(C)c2[nH]c([S+]([O-])Cc3cc(OCC(F)(F)C(F)(F)F)ccn3)nc12. The summed E-state index contributed by atoms with van der Waals surface area (Å²) in [5, 5.41) is 0.237. The summed E-state index contributed by atoms with van der Waals surface area (Å²) < 4.78 is 79.6. The Bertz CT molecular complexity index is 952. The molecule has 152 valence electrons. The second-order valence-corrected chi connectivity index (χ2v) is 8.74. The van der Waals surface area contributed by atoms with E-state index in [0.717, 1.165) is 26.9 Å². The van der Waals surface area contributed by atoms with Crippen molar-refractivity contribution in [3.05, 3.63) is 33.8 Å². The number of pyridine rings is 1. The van der Waals surface area contributed by atoms with Crippen LogP contribution in [0.2, 0.25) is 0 Å². The number of thiophene rings is 1. The Kier molecular flexibility index (Phi) is 5.56. The van der Waals surface area contributed by atoms with Gasteiger partial charge in [0.25, 0.3) is 0 Å². The van der Waals surface area contributed by atoms with E-state index in [1.807, 2.05) is 13.8 Å². The molecule has 3 aromatic heterocycles. The van der Waals surface area contributed by atoms with Gasteiger partial charge in [-0.25, -0.2) is 0 Å². The number of rotatable bonds is 6. The zero-order chi connectivity index (χ0) is 20.7. The molecular formula is C16H14F5N3O2S2. The molecule has 0 amide bonds. The van der Waals surface area contributed by atoms with Crippen LogP contribution in [0.3, 0.4) is 0 Å². The molecule has 1 atom stereocenters. The molecule has 0 bridgehead atoms. The van der Waals surface area contributed by atoms with Gasteiger partial charge in [0.15, 0.2) is 12.4 Å². The summed E-state index contributed by atoms with van der Waals surface area (Å²) in [4.78, 5) is 13.2. The van der Waals surface area contributed by atoms with Crippen LogP contribution in [0.4, 0.5) is 22.0 Å². The number of aromatic amines is 1. The average molecular weight is 439 g/mol. The number of H-pyrrole nitrogens is 1. The summed E-state index contributed by atoms with van der Waals surface area (Å²) in [6.07, 6.45) is -4.52. The number of fused-ring (bicyclic) bond motifs is 1. The first kappa shape index (κ1) is 20.8. The summed E-state index contributed by atoms with van der Waals surface area (Å²) in [5.74, 6) is -5.31. The summed E-state index contributed by atoms with van der Waals surface area (Å²) in [5.41, 5.74) is 1.73. The van der Waals surface area contributed by atoms with Crippen molar-refractivity contribution in [3.8, 4) is 5.75 Å². The van der Waals surface area contributed by atoms with Crippen LogP contribution in [0.1, 0.15) is 15.4 Å². The molecule has 28 heavy (non-hydrogen) atoms. The van der Waals surface area contributed by atoms with Gasteiger partial charge in [0, 0.05) is 33.2 Å². The molecule has 1 N–H and O–H groups in total. The molecule has 0 aromatic carbocycles. The van der Waals surface area contributed by atoms with Gasteiger partial charge in [-0.1, -0.05) is 0 Å². The zero-order valence-corrected chi connectivity index (χ0v) is 16.2. The Hall–Kier alpha value is -1.92. The minimum absolute atomic E-state index is 0.107. The Morgan fingerprint density at radius 1 is 1.21 bits per heavy atom. The summed E-state index contributed by atoms with van der Waals surface area (Å²) in [7, 11) is 0. The first-order chi connectivity index (χ1) is 13.0. The van der Waals surface area contributed by atoms with Crippen molar-refractivity contribution in [2.24, 2.45) is 0 Å². The Balaban J connectivity index is 1.70. The van der Waals surface area contributed by atoms with E-state index in [1.54, 1.807) is 11.3 Å². The molecule has 0 spiro atoms. The molecule has 0 radical (unpaired) electrons. The van der Waals surface area contributed by atoms with Gasteiger partial charge in [0.05, 0.1) is 11.2 Å². The third-order valence-corrected chi connectivity index (χ3v) is 5.98. The lowest BCUT2D eigenvalue weighted by Crippen LogP contribution is -2.41. The highest BCUT2D eigenvalue weighted by atomic mass is 32.2. The number of nitrogens with zero attached hydrogens (tertiary/aromatic N) is 2. The lowest BCUT2D eigenvalue weighted by Gasteiger charge is -2.19. The highest BCUT2D eigenvalue weighted by Gasteiger charge is 2.58. The van der Waals surface area contributed by atoms with Gasteiger partial charge in [-0.3, -0.25) is 9.97 Å². The largest absolute Gasteiger partial charge is 0.609 e. The molecular weight excluding hydrogens is 425 g/mol. The number of hydrogen-bond acceptors (Lipinski definition) is 5. The molecule has 0 aliphatic heterocycles. The van der Waals surface area contributed by atoms with Crippen molar-refractivity contribution in [1.29, 1.82) is 0 Å². The van der Waals surface area contributed by atoms with Crippen LogP contribution >= 0.6 is 11.3 Å². The molecule has 0 saturated heterocycles. The fourth-order valence-corrected chi connectivity index (χ4v) is 4.31. The molecule has 0 aliphatic rings. The second kappa shape index (κ2) is 7.48. The number of halogens is 5. The maximum Gasteiger partial charge on any atom is 0.456 e. The third kappa shape index (κ3) is 4.23. The number of alkyl halides is 5. The van der Waals surface area contributed by atoms with Gasteiger partial charge in [0.2, 0.25) is 0 Å². The van der Waals surface area contributed by atoms with Crippen LogP contribution in [-0.2, 0) is 16.9 Å². The average Bonchev–Trinajstić information content (AvgIpc) is 3.14. The molecule has 5 nitrogen and oxygen atoms in total. The first-order valence-electron chi connectivity index (χ1n) is 7.84. The molecule has 0 saturated carbocycles. The van der Waals surface area contributed by atoms with E-state index in [4.69, 9.17) is 0 Å². The van der Waals surface area contributed by atoms with Gasteiger partial charge < -0.3 is 9.29 Å². The third-order valence-electron chi connectivity index (χ3n) is 3.79. The number of aryl methyl sites for hydroxylation is 2. The predicted molar refractivity (Wildman–Crippen MR) is 94.3 cm³/mol. The molecule has 3 rings (SSSR count). The van der Waals surface area contributed by atoms with Crippen LogP contribution in [-0.4, -0.2) is 38.2 Å². The van der Waals surface area contributed by atoms with Gasteiger partial charge in [0.1, 0.15) is 11.3 Å². The number of ether oxygens (including phenoxy) is 1. The van der Waals surface area contributed by atoms with Crippen molar-refractivity contribution in [2.45, 2.75) is 36.9 Å². The summed E-state index contributed by atoms with van der Waals surface area (Å²) >= 11 is -0.0519. The topological polar surface area (TPSA) is 73.9 Å². The molecule has 1 unspecified atom stereocenters. The van der Waals surface area contributed by atoms with Crippen LogP contribution < -0.4 is 4.74 Å². The Morgan fingerprint density at radius 3 is 2.57 bits per heavy atom. The van der Waals surface area contributed by atoms with E-state index < -0.39 is 29.9 Å². The number of imidazole rings is 1. The number of nitrogens with one attached hydrogen (secondary N) is 1. The van der Waals surface area contributed by atoms with Crippen molar-refractivity contribution in [3.63, 3.8) is 0 Å². The van der Waals surface area contributed by atoms with Gasteiger partial charge >= 0.3 is 17.3 Å². The smallest absolute Gasteiger partial charge is 0.456 e. The highest BCUT2D eigenvalue weighted by Crippen LogP contribution is 2.36. The van der Waals surface area contributed by atoms with E-state index in [0.29, 0.717) is 0 Å². The standard InChI is InChI=1S/C16H14F5N3O2S2/c1-8-12-13(9(2)27-8)24-14(23-12)28(25)6-10-5-11(3-4-22-10)26-7-15(17,18)16(19,20)21/h3-5H,6-7H2,1-2H3,(H,23,24). The minimum Gasteiger partial charge on any atom is -0.609 e. The summed E-state index contributed by atoms with van der Waals surface area (Å²) in [6.45, 7) is 1.95. The molecule has 0 aliphatic carbocycles. The predicted octanol–water partition coefficient (Wildman–Crippen LogP) is 4.52. The highest BCUT2D eigenvalue weighted by molar-refractivity contribution is 7.90. The van der Waals surface area contributed by atoms with Crippen molar-refractivity contribution < 1.29 is 31.2 Å². The number of hydrogen-bond donors (Lipinski definition) is 1. The minimum atomic E-state index is -5.70. The number of aromatic nitrogens is 3.